The lowest BCUT2D eigenvalue weighted by Crippen LogP contribution is -1.82. The number of nitrogen functional groups attached to an aromatic ring is 1. The van der Waals surface area contributed by atoms with Crippen LogP contribution in [-0.4, -0.2) is 15.7 Å². The lowest BCUT2D eigenvalue weighted by Gasteiger charge is -1.91. The molecular weight excluding hydrogens is 258 g/mol. The van der Waals surface area contributed by atoms with Gasteiger partial charge in [0.05, 0.1) is 16.3 Å². The fourth-order valence-corrected chi connectivity index (χ4v) is 3.71. The zero-order chi connectivity index (χ0) is 11.5. The third-order valence-corrected chi connectivity index (χ3v) is 4.95. The maximum Gasteiger partial charge on any atom is 0.180 e. The molecule has 0 spiro atoms. The van der Waals surface area contributed by atoms with Crippen molar-refractivity contribution in [2.45, 2.75) is 19.6 Å². The van der Waals surface area contributed by atoms with Gasteiger partial charge in [0.2, 0.25) is 0 Å². The zero-order valence-electron chi connectivity index (χ0n) is 9.19. The second kappa shape index (κ2) is 5.16. The molecule has 0 fully saturated rings. The van der Waals surface area contributed by atoms with E-state index in [1.807, 2.05) is 24.1 Å². The molecule has 16 heavy (non-hydrogen) atoms. The number of rotatable bonds is 4. The van der Waals surface area contributed by atoms with Gasteiger partial charge in [-0.3, -0.25) is 0 Å². The van der Waals surface area contributed by atoms with Crippen LogP contribution in [0, 0.1) is 6.92 Å². The summed E-state index contributed by atoms with van der Waals surface area (Å²) in [6, 6.07) is 0. The number of nitrogens with two attached hydrogens (primary N) is 1. The van der Waals surface area contributed by atoms with Gasteiger partial charge in [0.1, 0.15) is 5.01 Å². The van der Waals surface area contributed by atoms with Gasteiger partial charge in [0, 0.05) is 11.1 Å². The summed E-state index contributed by atoms with van der Waals surface area (Å²) in [6.45, 7) is 4.19. The Hall–Kier alpha value is -0.590. The molecule has 0 atom stereocenters. The summed E-state index contributed by atoms with van der Waals surface area (Å²) in [7, 11) is 0. The second-order valence-corrected chi connectivity index (χ2v) is 6.48. The Morgan fingerprint density at radius 2 is 2.25 bits per heavy atom. The minimum absolute atomic E-state index is 0.618. The summed E-state index contributed by atoms with van der Waals surface area (Å²) in [4.78, 5) is 10.0. The molecule has 0 aliphatic heterocycles. The van der Waals surface area contributed by atoms with E-state index >= 15 is 0 Å². The maximum absolute atomic E-state index is 5.64. The molecule has 3 nitrogen and oxygen atoms in total. The highest BCUT2D eigenvalue weighted by Gasteiger charge is 2.12. The number of thiazole rings is 2. The van der Waals surface area contributed by atoms with E-state index in [4.69, 9.17) is 5.73 Å². The van der Waals surface area contributed by atoms with Gasteiger partial charge in [-0.15, -0.1) is 22.7 Å². The van der Waals surface area contributed by atoms with Crippen molar-refractivity contribution in [3.8, 4) is 10.6 Å². The van der Waals surface area contributed by atoms with Crippen LogP contribution in [0.1, 0.15) is 17.6 Å². The number of aryl methyl sites for hydroxylation is 1. The summed E-state index contributed by atoms with van der Waals surface area (Å²) in [6.07, 6.45) is 0. The number of aromatic nitrogens is 2. The molecule has 0 saturated heterocycles. The highest BCUT2D eigenvalue weighted by Crippen LogP contribution is 2.32. The van der Waals surface area contributed by atoms with E-state index < -0.39 is 0 Å². The van der Waals surface area contributed by atoms with Gasteiger partial charge >= 0.3 is 0 Å². The average molecular weight is 271 g/mol. The minimum atomic E-state index is 0.618. The van der Waals surface area contributed by atoms with Crippen molar-refractivity contribution in [3.63, 3.8) is 0 Å². The Bertz CT molecular complexity index is 475. The van der Waals surface area contributed by atoms with Gasteiger partial charge in [-0.1, -0.05) is 6.92 Å². The summed E-state index contributed by atoms with van der Waals surface area (Å²) >= 11 is 5.09. The van der Waals surface area contributed by atoms with E-state index in [9.17, 15) is 0 Å². The molecule has 0 bridgehead atoms. The Balaban J connectivity index is 2.24. The van der Waals surface area contributed by atoms with E-state index in [0.29, 0.717) is 5.13 Å². The van der Waals surface area contributed by atoms with Crippen molar-refractivity contribution in [1.29, 1.82) is 0 Å². The third kappa shape index (κ3) is 2.56. The van der Waals surface area contributed by atoms with Crippen molar-refractivity contribution in [1.82, 2.24) is 9.97 Å². The van der Waals surface area contributed by atoms with Gasteiger partial charge in [-0.25, -0.2) is 9.97 Å². The number of anilines is 1. The highest BCUT2D eigenvalue weighted by molar-refractivity contribution is 7.98. The Morgan fingerprint density at radius 3 is 2.88 bits per heavy atom. The number of hydrogen-bond acceptors (Lipinski definition) is 6. The first-order chi connectivity index (χ1) is 7.70. The summed E-state index contributed by atoms with van der Waals surface area (Å²) in [5.41, 5.74) is 7.66. The largest absolute Gasteiger partial charge is 0.375 e. The van der Waals surface area contributed by atoms with Gasteiger partial charge in [0.15, 0.2) is 5.13 Å². The van der Waals surface area contributed by atoms with Crippen LogP contribution in [0.15, 0.2) is 5.38 Å². The molecule has 0 amide bonds. The minimum Gasteiger partial charge on any atom is -0.375 e. The maximum atomic E-state index is 5.64. The van der Waals surface area contributed by atoms with Crippen molar-refractivity contribution in [3.05, 3.63) is 16.1 Å². The standard InChI is InChI=1S/C10H13N3S3/c1-3-14-5-8-12-6(2)9(16-8)7-4-15-10(11)13-7/h4H,3,5H2,1-2H3,(H2,11,13). The van der Waals surface area contributed by atoms with E-state index in [2.05, 4.69) is 16.9 Å². The first kappa shape index (κ1) is 11.9. The normalized spacial score (nSPS) is 10.9. The zero-order valence-corrected chi connectivity index (χ0v) is 11.6. The predicted octanol–water partition coefficient (Wildman–Crippen LogP) is 3.41. The smallest absolute Gasteiger partial charge is 0.180 e. The van der Waals surface area contributed by atoms with Crippen molar-refractivity contribution < 1.29 is 0 Å². The van der Waals surface area contributed by atoms with Crippen LogP contribution < -0.4 is 5.73 Å². The molecule has 2 aromatic heterocycles. The van der Waals surface area contributed by atoms with E-state index in [-0.39, 0.29) is 0 Å². The van der Waals surface area contributed by atoms with Gasteiger partial charge in [-0.2, -0.15) is 11.8 Å². The first-order valence-electron chi connectivity index (χ1n) is 4.96. The molecule has 2 heterocycles. The van der Waals surface area contributed by atoms with Crippen LogP contribution in [0.4, 0.5) is 5.13 Å². The van der Waals surface area contributed by atoms with Crippen molar-refractivity contribution in [2.75, 3.05) is 11.5 Å². The molecule has 2 rings (SSSR count). The van der Waals surface area contributed by atoms with E-state index in [1.165, 1.54) is 16.3 Å². The molecule has 0 unspecified atom stereocenters. The number of nitrogens with zero attached hydrogens (tertiary/aromatic N) is 2. The fourth-order valence-electron chi connectivity index (χ4n) is 1.33. The van der Waals surface area contributed by atoms with E-state index in [1.54, 1.807) is 11.3 Å². The fraction of sp³-hybridized carbons (Fsp3) is 0.400. The highest BCUT2D eigenvalue weighted by atomic mass is 32.2. The van der Waals surface area contributed by atoms with Crippen molar-refractivity contribution in [2.24, 2.45) is 0 Å². The third-order valence-electron chi connectivity index (χ3n) is 2.03. The van der Waals surface area contributed by atoms with Crippen LogP contribution >= 0.6 is 34.4 Å². The van der Waals surface area contributed by atoms with Crippen LogP contribution in [0.5, 0.6) is 0 Å². The Morgan fingerprint density at radius 1 is 1.44 bits per heavy atom. The Labute approximate surface area is 107 Å². The van der Waals surface area contributed by atoms with Crippen molar-refractivity contribution >= 4 is 39.6 Å². The molecule has 86 valence electrons. The topological polar surface area (TPSA) is 51.8 Å². The number of hydrogen-bond donors (Lipinski definition) is 1. The van der Waals surface area contributed by atoms with Gasteiger partial charge in [-0.05, 0) is 12.7 Å². The quantitative estimate of drug-likeness (QED) is 0.926. The van der Waals surface area contributed by atoms with Crippen LogP contribution in [0.2, 0.25) is 0 Å². The predicted molar refractivity (Wildman–Crippen MR) is 74.2 cm³/mol. The first-order valence-corrected chi connectivity index (χ1v) is 7.81. The van der Waals surface area contributed by atoms with Crippen LogP contribution in [0.25, 0.3) is 10.6 Å². The molecule has 0 aliphatic rings. The lowest BCUT2D eigenvalue weighted by molar-refractivity contribution is 1.18. The average Bonchev–Trinajstić information content (AvgIpc) is 2.82. The summed E-state index contributed by atoms with van der Waals surface area (Å²) in [5.74, 6) is 2.11. The van der Waals surface area contributed by atoms with E-state index in [0.717, 1.165) is 27.8 Å². The monoisotopic (exact) mass is 271 g/mol. The molecule has 0 radical (unpaired) electrons. The molecule has 0 aliphatic carbocycles. The van der Waals surface area contributed by atoms with Crippen LogP contribution in [0.3, 0.4) is 0 Å². The molecule has 0 saturated carbocycles. The summed E-state index contributed by atoms with van der Waals surface area (Å²) in [5, 5.41) is 3.78. The van der Waals surface area contributed by atoms with Crippen LogP contribution in [-0.2, 0) is 5.75 Å². The molecule has 2 aromatic rings. The SMILES string of the molecule is CCSCc1nc(C)c(-c2csc(N)n2)s1. The van der Waals surface area contributed by atoms with Gasteiger partial charge in [0.25, 0.3) is 0 Å². The Kier molecular flexibility index (Phi) is 3.83. The second-order valence-electron chi connectivity index (χ2n) is 3.23. The molecule has 0 aromatic carbocycles. The molecular formula is C10H13N3S3. The molecule has 6 heteroatoms. The summed E-state index contributed by atoms with van der Waals surface area (Å²) < 4.78 is 0. The van der Waals surface area contributed by atoms with Gasteiger partial charge < -0.3 is 5.73 Å². The number of thioether (sulfide) groups is 1. The molecule has 2 N–H and O–H groups in total. The lowest BCUT2D eigenvalue weighted by atomic mass is 10.3.